The van der Waals surface area contributed by atoms with Crippen LogP contribution in [0.4, 0.5) is 0 Å². The molecule has 1 fully saturated rings. The first kappa shape index (κ1) is 21.9. The number of benzene rings is 2. The zero-order valence-corrected chi connectivity index (χ0v) is 17.7. The number of carbonyl (C=O) groups excluding carboxylic acids is 3. The Morgan fingerprint density at radius 2 is 1.71 bits per heavy atom. The SMILES string of the molecule is NC(=O)C1=C(O)[C@@]2(O)C(=O)C3=C(O)c4c(O)ccc(-c5ccccc5)c4[C@@H](O)[C@H]3C[C@H]2CC1=O. The lowest BCUT2D eigenvalue weighted by molar-refractivity contribution is -0.149. The number of primary amides is 1. The van der Waals surface area contributed by atoms with Gasteiger partial charge >= 0.3 is 0 Å². The number of aliphatic hydroxyl groups excluding tert-OH is 3. The van der Waals surface area contributed by atoms with E-state index in [1.807, 2.05) is 6.07 Å². The van der Waals surface area contributed by atoms with Gasteiger partial charge < -0.3 is 31.3 Å². The molecule has 0 unspecified atom stereocenters. The highest BCUT2D eigenvalue weighted by atomic mass is 16.3. The quantitative estimate of drug-likeness (QED) is 0.363. The van der Waals surface area contributed by atoms with Crippen LogP contribution in [0, 0.1) is 11.8 Å². The summed E-state index contributed by atoms with van der Waals surface area (Å²) in [6.07, 6.45) is -2.00. The summed E-state index contributed by atoms with van der Waals surface area (Å²) >= 11 is 0. The minimum Gasteiger partial charge on any atom is -0.508 e. The van der Waals surface area contributed by atoms with Gasteiger partial charge in [-0.05, 0) is 23.6 Å². The lowest BCUT2D eigenvalue weighted by atomic mass is 9.58. The molecular formula is C25H21NO8. The van der Waals surface area contributed by atoms with E-state index >= 15 is 0 Å². The Balaban J connectivity index is 1.76. The molecule has 2 aromatic carbocycles. The summed E-state index contributed by atoms with van der Waals surface area (Å²) in [5.41, 5.74) is 2.50. The number of phenols is 1. The van der Waals surface area contributed by atoms with Gasteiger partial charge in [-0.3, -0.25) is 14.4 Å². The maximum Gasteiger partial charge on any atom is 0.255 e. The molecule has 1 amide bonds. The Morgan fingerprint density at radius 1 is 1.03 bits per heavy atom. The first-order valence-electron chi connectivity index (χ1n) is 10.7. The van der Waals surface area contributed by atoms with E-state index in [1.54, 1.807) is 30.3 Å². The fourth-order valence-electron chi connectivity index (χ4n) is 5.53. The van der Waals surface area contributed by atoms with Gasteiger partial charge in [0.05, 0.1) is 11.7 Å². The normalized spacial score (nSPS) is 28.4. The number of ketones is 2. The van der Waals surface area contributed by atoms with Crippen molar-refractivity contribution >= 4 is 23.2 Å². The van der Waals surface area contributed by atoms with Crippen LogP contribution in [-0.2, 0) is 14.4 Å². The summed E-state index contributed by atoms with van der Waals surface area (Å²) in [6, 6.07) is 11.9. The summed E-state index contributed by atoms with van der Waals surface area (Å²) in [5.74, 6) is -7.68. The third-order valence-electron chi connectivity index (χ3n) is 7.12. The highest BCUT2D eigenvalue weighted by molar-refractivity contribution is 6.22. The molecule has 2 aromatic rings. The van der Waals surface area contributed by atoms with Crippen molar-refractivity contribution in [2.45, 2.75) is 24.5 Å². The van der Waals surface area contributed by atoms with Crippen LogP contribution in [0.5, 0.6) is 5.75 Å². The van der Waals surface area contributed by atoms with E-state index in [0.29, 0.717) is 11.1 Å². The molecule has 1 saturated carbocycles. The summed E-state index contributed by atoms with van der Waals surface area (Å²) in [4.78, 5) is 37.7. The van der Waals surface area contributed by atoms with Gasteiger partial charge in [0.1, 0.15) is 22.8 Å². The van der Waals surface area contributed by atoms with Crippen molar-refractivity contribution in [3.8, 4) is 16.9 Å². The Bertz CT molecular complexity index is 1340. The first-order valence-corrected chi connectivity index (χ1v) is 10.7. The largest absolute Gasteiger partial charge is 0.508 e. The lowest BCUT2D eigenvalue weighted by Crippen LogP contribution is -2.58. The number of rotatable bonds is 2. The van der Waals surface area contributed by atoms with E-state index in [9.17, 15) is 39.9 Å². The van der Waals surface area contributed by atoms with Crippen molar-refractivity contribution < 1.29 is 39.9 Å². The Labute approximate surface area is 193 Å². The average molecular weight is 463 g/mol. The van der Waals surface area contributed by atoms with E-state index in [2.05, 4.69) is 0 Å². The number of fused-ring (bicyclic) bond motifs is 3. The summed E-state index contributed by atoms with van der Waals surface area (Å²) in [5, 5.41) is 54.9. The Morgan fingerprint density at radius 3 is 2.35 bits per heavy atom. The molecule has 3 aliphatic rings. The van der Waals surface area contributed by atoms with Crippen molar-refractivity contribution in [2.75, 3.05) is 0 Å². The second-order valence-corrected chi connectivity index (χ2v) is 8.84. The number of carbonyl (C=O) groups is 3. The van der Waals surface area contributed by atoms with Crippen LogP contribution in [-0.4, -0.2) is 48.6 Å². The summed E-state index contributed by atoms with van der Waals surface area (Å²) in [7, 11) is 0. The minimum absolute atomic E-state index is 0.159. The highest BCUT2D eigenvalue weighted by Crippen LogP contribution is 2.56. The van der Waals surface area contributed by atoms with E-state index < -0.39 is 75.8 Å². The zero-order valence-electron chi connectivity index (χ0n) is 17.7. The van der Waals surface area contributed by atoms with Crippen LogP contribution in [0.1, 0.15) is 30.1 Å². The summed E-state index contributed by atoms with van der Waals surface area (Å²) in [6.45, 7) is 0. The van der Waals surface area contributed by atoms with Crippen molar-refractivity contribution in [3.63, 3.8) is 0 Å². The molecule has 0 radical (unpaired) electrons. The third-order valence-corrected chi connectivity index (χ3v) is 7.12. The number of phenolic OH excluding ortho intramolecular Hbond substituents is 1. The molecular weight excluding hydrogens is 442 g/mol. The number of aromatic hydroxyl groups is 1. The number of hydrogen-bond donors (Lipinski definition) is 6. The molecule has 9 heteroatoms. The average Bonchev–Trinajstić information content (AvgIpc) is 2.79. The second-order valence-electron chi connectivity index (χ2n) is 8.84. The number of aliphatic hydroxyl groups is 4. The van der Waals surface area contributed by atoms with Gasteiger partial charge in [-0.1, -0.05) is 36.4 Å². The van der Waals surface area contributed by atoms with Crippen molar-refractivity contribution in [3.05, 3.63) is 70.5 Å². The molecule has 174 valence electrons. The van der Waals surface area contributed by atoms with Crippen molar-refractivity contribution in [1.82, 2.24) is 0 Å². The maximum absolute atomic E-state index is 13.5. The van der Waals surface area contributed by atoms with Gasteiger partial charge in [0.15, 0.2) is 11.4 Å². The fraction of sp³-hybridized carbons (Fsp3) is 0.240. The Hall–Kier alpha value is -3.95. The number of hydrogen-bond acceptors (Lipinski definition) is 8. The monoisotopic (exact) mass is 463 g/mol. The van der Waals surface area contributed by atoms with Gasteiger partial charge in [-0.15, -0.1) is 0 Å². The van der Waals surface area contributed by atoms with E-state index in [4.69, 9.17) is 5.73 Å². The molecule has 5 rings (SSSR count). The van der Waals surface area contributed by atoms with Crippen molar-refractivity contribution in [1.29, 1.82) is 0 Å². The molecule has 0 heterocycles. The van der Waals surface area contributed by atoms with E-state index in [-0.39, 0.29) is 17.5 Å². The van der Waals surface area contributed by atoms with Gasteiger partial charge in [0.2, 0.25) is 5.78 Å². The lowest BCUT2D eigenvalue weighted by Gasteiger charge is -2.47. The van der Waals surface area contributed by atoms with E-state index in [1.165, 1.54) is 6.07 Å². The molecule has 0 spiro atoms. The molecule has 0 aliphatic heterocycles. The van der Waals surface area contributed by atoms with E-state index in [0.717, 1.165) is 0 Å². The van der Waals surface area contributed by atoms with Gasteiger partial charge in [-0.2, -0.15) is 0 Å². The van der Waals surface area contributed by atoms with Crippen LogP contribution < -0.4 is 5.73 Å². The minimum atomic E-state index is -2.68. The molecule has 34 heavy (non-hydrogen) atoms. The molecule has 7 N–H and O–H groups in total. The molecule has 0 bridgehead atoms. The number of Topliss-reactive ketones (excluding diaryl/α,β-unsaturated/α-hetero) is 2. The molecule has 9 nitrogen and oxygen atoms in total. The third kappa shape index (κ3) is 2.71. The topological polar surface area (TPSA) is 178 Å². The molecule has 0 aromatic heterocycles. The predicted octanol–water partition coefficient (Wildman–Crippen LogP) is 1.58. The first-order chi connectivity index (χ1) is 16.1. The van der Waals surface area contributed by atoms with Crippen LogP contribution >= 0.6 is 0 Å². The van der Waals surface area contributed by atoms with Crippen LogP contribution in [0.3, 0.4) is 0 Å². The van der Waals surface area contributed by atoms with Crippen LogP contribution in [0.15, 0.2) is 59.4 Å². The number of amides is 1. The predicted molar refractivity (Wildman–Crippen MR) is 118 cm³/mol. The van der Waals surface area contributed by atoms with Crippen molar-refractivity contribution in [2.24, 2.45) is 17.6 Å². The van der Waals surface area contributed by atoms with Gasteiger partial charge in [-0.25, -0.2) is 0 Å². The maximum atomic E-state index is 13.5. The summed E-state index contributed by atoms with van der Waals surface area (Å²) < 4.78 is 0. The highest BCUT2D eigenvalue weighted by Gasteiger charge is 2.61. The van der Waals surface area contributed by atoms with Crippen LogP contribution in [0.2, 0.25) is 0 Å². The molecule has 4 atom stereocenters. The molecule has 3 aliphatic carbocycles. The Kier molecular flexibility index (Phi) is 4.68. The fourth-order valence-corrected chi connectivity index (χ4v) is 5.53. The second kappa shape index (κ2) is 7.28. The van der Waals surface area contributed by atoms with Crippen LogP contribution in [0.25, 0.3) is 16.9 Å². The smallest absolute Gasteiger partial charge is 0.255 e. The standard InChI is InChI=1S/C25H21NO8/c26-24(33)19-15(28)9-11-8-13-17(22(31)25(11,34)23(19)32)21(30)18-14(27)7-6-12(16(18)20(13)29)10-4-2-1-3-5-10/h1-7,11,13,20,27,29-30,32,34H,8-9H2,(H2,26,33)/t11-,13-,20-,25-/m0/s1. The number of nitrogens with two attached hydrogens (primary N) is 1. The van der Waals surface area contributed by atoms with Gasteiger partial charge in [0, 0.05) is 29.4 Å². The van der Waals surface area contributed by atoms with Gasteiger partial charge in [0.25, 0.3) is 5.91 Å². The molecule has 0 saturated heterocycles. The zero-order chi connectivity index (χ0) is 24.5.